The van der Waals surface area contributed by atoms with Crippen LogP contribution in [0.3, 0.4) is 0 Å². The molecule has 0 atom stereocenters. The van der Waals surface area contributed by atoms with Crippen LogP contribution >= 0.6 is 12.4 Å². The first kappa shape index (κ1) is 23.4. The van der Waals surface area contributed by atoms with Crippen LogP contribution in [0.1, 0.15) is 31.9 Å². The molecule has 3 amide bonds. The monoisotopic (exact) mass is 457 g/mol. The van der Waals surface area contributed by atoms with Crippen molar-refractivity contribution in [1.82, 2.24) is 15.3 Å². The summed E-state index contributed by atoms with van der Waals surface area (Å²) < 4.78 is 14.3. The predicted molar refractivity (Wildman–Crippen MR) is 126 cm³/mol. The van der Waals surface area contributed by atoms with E-state index in [1.165, 1.54) is 25.8 Å². The minimum atomic E-state index is -0.505. The lowest BCUT2D eigenvalue weighted by atomic mass is 10.0. The number of halogens is 2. The first-order valence-corrected chi connectivity index (χ1v) is 10.3. The fraction of sp³-hybridized carbons (Fsp3) is 0.304. The summed E-state index contributed by atoms with van der Waals surface area (Å²) in [6, 6.07) is 7.79. The second-order valence-electron chi connectivity index (χ2n) is 7.87. The highest BCUT2D eigenvalue weighted by Gasteiger charge is 2.20. The van der Waals surface area contributed by atoms with E-state index in [-0.39, 0.29) is 24.0 Å². The highest BCUT2D eigenvalue weighted by Crippen LogP contribution is 2.32. The van der Waals surface area contributed by atoms with Gasteiger partial charge in [0, 0.05) is 42.4 Å². The fourth-order valence-electron chi connectivity index (χ4n) is 3.46. The quantitative estimate of drug-likeness (QED) is 0.482. The number of amides is 3. The Morgan fingerprint density at radius 1 is 1.16 bits per heavy atom. The van der Waals surface area contributed by atoms with Crippen LogP contribution in [0.2, 0.25) is 0 Å². The lowest BCUT2D eigenvalue weighted by Crippen LogP contribution is -2.30. The van der Waals surface area contributed by atoms with Crippen molar-refractivity contribution in [3.05, 3.63) is 48.0 Å². The molecule has 0 unspecified atom stereocenters. The Balaban J connectivity index is 0.00000289. The predicted octanol–water partition coefficient (Wildman–Crippen LogP) is 5.05. The van der Waals surface area contributed by atoms with E-state index >= 15 is 0 Å². The number of nitrogens with one attached hydrogen (secondary N) is 3. The average molecular weight is 458 g/mol. The van der Waals surface area contributed by atoms with Crippen molar-refractivity contribution < 1.29 is 14.0 Å². The van der Waals surface area contributed by atoms with Gasteiger partial charge >= 0.3 is 6.03 Å². The summed E-state index contributed by atoms with van der Waals surface area (Å²) in [4.78, 5) is 32.2. The van der Waals surface area contributed by atoms with Crippen molar-refractivity contribution in [1.29, 1.82) is 0 Å². The van der Waals surface area contributed by atoms with Crippen LogP contribution in [0.25, 0.3) is 22.0 Å². The van der Waals surface area contributed by atoms with Gasteiger partial charge in [0.2, 0.25) is 5.91 Å². The van der Waals surface area contributed by atoms with Crippen LogP contribution in [-0.2, 0) is 4.79 Å². The van der Waals surface area contributed by atoms with Crippen molar-refractivity contribution in [2.75, 3.05) is 17.2 Å². The van der Waals surface area contributed by atoms with Gasteiger partial charge in [-0.1, -0.05) is 18.9 Å². The zero-order chi connectivity index (χ0) is 22.0. The second kappa shape index (κ2) is 9.91. The van der Waals surface area contributed by atoms with E-state index in [0.29, 0.717) is 23.8 Å². The largest absolute Gasteiger partial charge is 0.338 e. The molecule has 32 heavy (non-hydrogen) atoms. The van der Waals surface area contributed by atoms with E-state index in [9.17, 15) is 14.0 Å². The van der Waals surface area contributed by atoms with Crippen LogP contribution < -0.4 is 16.0 Å². The Kier molecular flexibility index (Phi) is 7.25. The van der Waals surface area contributed by atoms with Gasteiger partial charge in [-0.15, -0.1) is 12.4 Å². The molecule has 3 aromatic rings. The number of anilines is 2. The first-order valence-electron chi connectivity index (χ1n) is 10.3. The molecule has 1 aromatic carbocycles. The first-order chi connectivity index (χ1) is 14.9. The van der Waals surface area contributed by atoms with Gasteiger partial charge in [-0.25, -0.2) is 14.2 Å². The second-order valence-corrected chi connectivity index (χ2v) is 7.87. The van der Waals surface area contributed by atoms with Gasteiger partial charge in [-0.05, 0) is 43.0 Å². The van der Waals surface area contributed by atoms with Gasteiger partial charge in [0.1, 0.15) is 11.6 Å². The summed E-state index contributed by atoms with van der Waals surface area (Å²) in [5, 5.41) is 8.80. The van der Waals surface area contributed by atoms with Gasteiger partial charge in [0.15, 0.2) is 0 Å². The van der Waals surface area contributed by atoms with E-state index in [1.807, 2.05) is 13.0 Å². The van der Waals surface area contributed by atoms with E-state index in [1.54, 1.807) is 24.4 Å². The van der Waals surface area contributed by atoms with Gasteiger partial charge in [0.25, 0.3) is 0 Å². The number of carbonyl (C=O) groups is 2. The molecule has 0 aliphatic heterocycles. The molecule has 1 aliphatic rings. The average Bonchev–Trinajstić information content (AvgIpc) is 3.53. The van der Waals surface area contributed by atoms with Crippen LogP contribution in [0, 0.1) is 18.7 Å². The molecule has 7 nitrogen and oxygen atoms in total. The number of benzene rings is 1. The zero-order valence-electron chi connectivity index (χ0n) is 17.9. The number of aryl methyl sites for hydroxylation is 1. The summed E-state index contributed by atoms with van der Waals surface area (Å²) >= 11 is 0. The SMILES string of the molecule is CC(=O)Nc1cc2nc(C)c(-c3ccc(F)c(NC(=O)NCCC4CC4)c3)cc2cn1.Cl. The van der Waals surface area contributed by atoms with Gasteiger partial charge in [0.05, 0.1) is 11.2 Å². The maximum atomic E-state index is 14.3. The minimum absolute atomic E-state index is 0. The molecule has 1 aliphatic carbocycles. The normalized spacial score (nSPS) is 12.7. The van der Waals surface area contributed by atoms with Crippen molar-refractivity contribution in [2.45, 2.75) is 33.1 Å². The van der Waals surface area contributed by atoms with Crippen molar-refractivity contribution in [3.63, 3.8) is 0 Å². The lowest BCUT2D eigenvalue weighted by Gasteiger charge is -2.12. The fourth-order valence-corrected chi connectivity index (χ4v) is 3.46. The maximum absolute atomic E-state index is 14.3. The number of urea groups is 1. The Morgan fingerprint density at radius 2 is 1.94 bits per heavy atom. The number of pyridine rings is 2. The molecule has 168 valence electrons. The molecule has 1 fully saturated rings. The molecule has 1 saturated carbocycles. The van der Waals surface area contributed by atoms with E-state index in [2.05, 4.69) is 25.9 Å². The topological polar surface area (TPSA) is 96.0 Å². The Morgan fingerprint density at radius 3 is 2.66 bits per heavy atom. The molecular formula is C23H25ClFN5O2. The zero-order valence-corrected chi connectivity index (χ0v) is 18.7. The standard InChI is InChI=1S/C23H24FN5O2.ClH/c1-13-18(9-17-12-26-22(28-14(2)30)11-20(17)27-13)16-5-6-19(24)21(10-16)29-23(31)25-8-7-15-3-4-15;/h5-6,9-12,15H,3-4,7-8H2,1-2H3,(H2,25,29,31)(H,26,28,30);1H. The summed E-state index contributed by atoms with van der Waals surface area (Å²) in [7, 11) is 0. The van der Waals surface area contributed by atoms with Gasteiger partial charge in [-0.2, -0.15) is 0 Å². The third-order valence-electron chi connectivity index (χ3n) is 5.25. The molecule has 0 spiro atoms. The summed E-state index contributed by atoms with van der Waals surface area (Å²) in [5.41, 5.74) is 3.07. The molecule has 0 bridgehead atoms. The van der Waals surface area contributed by atoms with Crippen LogP contribution in [0.5, 0.6) is 0 Å². The van der Waals surface area contributed by atoms with Crippen LogP contribution in [0.15, 0.2) is 36.5 Å². The molecule has 9 heteroatoms. The van der Waals surface area contributed by atoms with Crippen LogP contribution in [0.4, 0.5) is 20.7 Å². The number of rotatable bonds is 6. The van der Waals surface area contributed by atoms with E-state index < -0.39 is 11.8 Å². The minimum Gasteiger partial charge on any atom is -0.338 e. The number of hydrogen-bond donors (Lipinski definition) is 3. The lowest BCUT2D eigenvalue weighted by molar-refractivity contribution is -0.114. The van der Waals surface area contributed by atoms with E-state index in [4.69, 9.17) is 0 Å². The molecule has 0 radical (unpaired) electrons. The number of carbonyl (C=O) groups excluding carboxylic acids is 2. The maximum Gasteiger partial charge on any atom is 0.319 e. The van der Waals surface area contributed by atoms with Crippen molar-refractivity contribution in [3.8, 4) is 11.1 Å². The molecule has 2 aromatic heterocycles. The smallest absolute Gasteiger partial charge is 0.319 e. The Hall–Kier alpha value is -3.26. The molecule has 3 N–H and O–H groups in total. The molecule has 0 saturated heterocycles. The van der Waals surface area contributed by atoms with Crippen molar-refractivity contribution >= 4 is 46.8 Å². The van der Waals surface area contributed by atoms with Crippen LogP contribution in [-0.4, -0.2) is 28.5 Å². The highest BCUT2D eigenvalue weighted by molar-refractivity contribution is 5.93. The summed E-state index contributed by atoms with van der Waals surface area (Å²) in [6.45, 7) is 3.86. The Bertz CT molecular complexity index is 1170. The number of hydrogen-bond acceptors (Lipinski definition) is 4. The number of nitrogens with zero attached hydrogens (tertiary/aromatic N) is 2. The highest BCUT2D eigenvalue weighted by atomic mass is 35.5. The third-order valence-corrected chi connectivity index (χ3v) is 5.25. The van der Waals surface area contributed by atoms with Crippen molar-refractivity contribution in [2.24, 2.45) is 5.92 Å². The molecule has 4 rings (SSSR count). The molecule has 2 heterocycles. The summed E-state index contributed by atoms with van der Waals surface area (Å²) in [5.74, 6) is 0.436. The number of aromatic nitrogens is 2. The summed E-state index contributed by atoms with van der Waals surface area (Å²) in [6.07, 6.45) is 5.04. The van der Waals surface area contributed by atoms with Gasteiger partial charge in [-0.3, -0.25) is 9.78 Å². The Labute approximate surface area is 191 Å². The van der Waals surface area contributed by atoms with Gasteiger partial charge < -0.3 is 16.0 Å². The van der Waals surface area contributed by atoms with E-state index in [0.717, 1.165) is 28.6 Å². The number of fused-ring (bicyclic) bond motifs is 1. The molecular weight excluding hydrogens is 433 g/mol. The third kappa shape index (κ3) is 5.70.